The molecule has 0 bridgehead atoms. The van der Waals surface area contributed by atoms with Crippen molar-refractivity contribution < 1.29 is 0 Å². The van der Waals surface area contributed by atoms with Crippen LogP contribution in [0.3, 0.4) is 0 Å². The van der Waals surface area contributed by atoms with Gasteiger partial charge in [-0.25, -0.2) is 0 Å². The molecular weight excluding hydrogens is 352 g/mol. The van der Waals surface area contributed by atoms with Crippen molar-refractivity contribution in [2.75, 3.05) is 0 Å². The van der Waals surface area contributed by atoms with Crippen LogP contribution in [0.5, 0.6) is 0 Å². The van der Waals surface area contributed by atoms with Gasteiger partial charge in [0, 0.05) is 15.7 Å². The number of aromatic nitrogens is 3. The predicted molar refractivity (Wildman–Crippen MR) is 87.4 cm³/mol. The minimum Gasteiger partial charge on any atom is -0.324 e. The number of nitrogens with zero attached hydrogens (tertiary/aromatic N) is 3. The van der Waals surface area contributed by atoms with E-state index in [1.165, 1.54) is 0 Å². The van der Waals surface area contributed by atoms with Gasteiger partial charge in [-0.1, -0.05) is 45.7 Å². The molecule has 0 saturated carbocycles. The molecule has 6 heteroatoms. The number of hydrogen-bond donors (Lipinski definition) is 1. The minimum atomic E-state index is 0.299. The lowest BCUT2D eigenvalue weighted by molar-refractivity contribution is 0.861. The Morgan fingerprint density at radius 1 is 1.10 bits per heavy atom. The standard InChI is InChI=1S/C15H12BrClN4/c16-10-6-7-13(17)12(8-10)15-20-19-14(9-18)21(15)11-4-2-1-3-5-11/h1-8H,9,18H2. The lowest BCUT2D eigenvalue weighted by atomic mass is 10.2. The second-order valence-electron chi connectivity index (χ2n) is 4.44. The average molecular weight is 364 g/mol. The normalized spacial score (nSPS) is 10.8. The summed E-state index contributed by atoms with van der Waals surface area (Å²) in [5, 5.41) is 9.05. The van der Waals surface area contributed by atoms with Gasteiger partial charge in [0.1, 0.15) is 0 Å². The van der Waals surface area contributed by atoms with E-state index in [0.717, 1.165) is 15.7 Å². The Kier molecular flexibility index (Phi) is 4.05. The highest BCUT2D eigenvalue weighted by Gasteiger charge is 2.17. The fourth-order valence-electron chi connectivity index (χ4n) is 2.14. The third kappa shape index (κ3) is 2.72. The van der Waals surface area contributed by atoms with Crippen LogP contribution in [0.25, 0.3) is 17.1 Å². The zero-order chi connectivity index (χ0) is 14.8. The number of benzene rings is 2. The zero-order valence-electron chi connectivity index (χ0n) is 11.0. The molecule has 0 saturated heterocycles. The van der Waals surface area contributed by atoms with Crippen molar-refractivity contribution in [2.24, 2.45) is 5.73 Å². The number of nitrogens with two attached hydrogens (primary N) is 1. The summed E-state index contributed by atoms with van der Waals surface area (Å²) < 4.78 is 2.85. The van der Waals surface area contributed by atoms with Crippen molar-refractivity contribution in [3.05, 3.63) is 63.9 Å². The molecule has 2 aromatic carbocycles. The van der Waals surface area contributed by atoms with E-state index in [1.54, 1.807) is 0 Å². The summed E-state index contributed by atoms with van der Waals surface area (Å²) in [6.45, 7) is 0.299. The van der Waals surface area contributed by atoms with Gasteiger partial charge in [-0.15, -0.1) is 10.2 Å². The molecule has 0 spiro atoms. The van der Waals surface area contributed by atoms with Gasteiger partial charge in [0.05, 0.1) is 11.6 Å². The van der Waals surface area contributed by atoms with Crippen molar-refractivity contribution in [1.29, 1.82) is 0 Å². The van der Waals surface area contributed by atoms with Crippen LogP contribution in [0.4, 0.5) is 0 Å². The van der Waals surface area contributed by atoms with Gasteiger partial charge < -0.3 is 5.73 Å². The Bertz CT molecular complexity index is 771. The summed E-state index contributed by atoms with van der Waals surface area (Å²) in [4.78, 5) is 0. The molecule has 0 aliphatic rings. The fraction of sp³-hybridized carbons (Fsp3) is 0.0667. The van der Waals surface area contributed by atoms with Gasteiger partial charge >= 0.3 is 0 Å². The van der Waals surface area contributed by atoms with Crippen molar-refractivity contribution >= 4 is 27.5 Å². The average Bonchev–Trinajstić information content (AvgIpc) is 2.94. The number of para-hydroxylation sites is 1. The molecule has 0 atom stereocenters. The number of hydrogen-bond acceptors (Lipinski definition) is 3. The van der Waals surface area contributed by atoms with Crippen molar-refractivity contribution in [3.63, 3.8) is 0 Å². The highest BCUT2D eigenvalue weighted by Crippen LogP contribution is 2.31. The molecule has 0 radical (unpaired) electrons. The molecule has 3 rings (SSSR count). The molecule has 106 valence electrons. The smallest absolute Gasteiger partial charge is 0.170 e. The summed E-state index contributed by atoms with van der Waals surface area (Å²) in [6.07, 6.45) is 0. The van der Waals surface area contributed by atoms with Crippen molar-refractivity contribution in [2.45, 2.75) is 6.54 Å². The number of rotatable bonds is 3. The molecule has 1 aromatic heterocycles. The quantitative estimate of drug-likeness (QED) is 0.770. The van der Waals surface area contributed by atoms with E-state index in [1.807, 2.05) is 53.1 Å². The number of halogens is 2. The largest absolute Gasteiger partial charge is 0.324 e. The van der Waals surface area contributed by atoms with Crippen LogP contribution < -0.4 is 5.73 Å². The van der Waals surface area contributed by atoms with Crippen LogP contribution in [0, 0.1) is 0 Å². The summed E-state index contributed by atoms with van der Waals surface area (Å²) in [5.74, 6) is 1.36. The third-order valence-corrected chi connectivity index (χ3v) is 3.92. The molecular formula is C15H12BrClN4. The second kappa shape index (κ2) is 5.97. The third-order valence-electron chi connectivity index (χ3n) is 3.10. The fourth-order valence-corrected chi connectivity index (χ4v) is 2.70. The maximum atomic E-state index is 6.31. The van der Waals surface area contributed by atoms with Gasteiger partial charge in [-0.05, 0) is 30.3 Å². The van der Waals surface area contributed by atoms with Gasteiger partial charge in [0.25, 0.3) is 0 Å². The highest BCUT2D eigenvalue weighted by molar-refractivity contribution is 9.10. The Labute approximate surface area is 135 Å². The molecule has 2 N–H and O–H groups in total. The Hall–Kier alpha value is -1.69. The molecule has 0 amide bonds. The van der Waals surface area contributed by atoms with Crippen molar-refractivity contribution in [1.82, 2.24) is 14.8 Å². The first-order valence-electron chi connectivity index (χ1n) is 6.36. The molecule has 3 aromatic rings. The predicted octanol–water partition coefficient (Wildman–Crippen LogP) is 3.81. The summed E-state index contributed by atoms with van der Waals surface area (Å²) >= 11 is 9.77. The molecule has 0 fully saturated rings. The molecule has 4 nitrogen and oxygen atoms in total. The topological polar surface area (TPSA) is 56.7 Å². The first-order valence-corrected chi connectivity index (χ1v) is 7.53. The lowest BCUT2D eigenvalue weighted by Crippen LogP contribution is -2.07. The van der Waals surface area contributed by atoms with Gasteiger partial charge in [-0.3, -0.25) is 4.57 Å². The summed E-state index contributed by atoms with van der Waals surface area (Å²) in [6, 6.07) is 15.5. The molecule has 0 aliphatic carbocycles. The monoisotopic (exact) mass is 362 g/mol. The van der Waals surface area contributed by atoms with E-state index in [9.17, 15) is 0 Å². The zero-order valence-corrected chi connectivity index (χ0v) is 13.3. The van der Waals surface area contributed by atoms with Crippen LogP contribution in [0.15, 0.2) is 53.0 Å². The van der Waals surface area contributed by atoms with Crippen LogP contribution in [0.1, 0.15) is 5.82 Å². The van der Waals surface area contributed by atoms with Crippen LogP contribution in [-0.2, 0) is 6.54 Å². The van der Waals surface area contributed by atoms with E-state index in [-0.39, 0.29) is 0 Å². The van der Waals surface area contributed by atoms with Gasteiger partial charge in [0.15, 0.2) is 11.6 Å². The van der Waals surface area contributed by atoms with E-state index in [2.05, 4.69) is 26.1 Å². The Morgan fingerprint density at radius 2 is 1.86 bits per heavy atom. The van der Waals surface area contributed by atoms with E-state index in [0.29, 0.717) is 23.2 Å². The summed E-state index contributed by atoms with van der Waals surface area (Å²) in [5.41, 5.74) is 7.54. The second-order valence-corrected chi connectivity index (χ2v) is 5.76. The van der Waals surface area contributed by atoms with Crippen LogP contribution in [0.2, 0.25) is 5.02 Å². The molecule has 21 heavy (non-hydrogen) atoms. The van der Waals surface area contributed by atoms with Gasteiger partial charge in [-0.2, -0.15) is 0 Å². The summed E-state index contributed by atoms with van der Waals surface area (Å²) in [7, 11) is 0. The van der Waals surface area contributed by atoms with Gasteiger partial charge in [0.2, 0.25) is 0 Å². The van der Waals surface area contributed by atoms with E-state index in [4.69, 9.17) is 17.3 Å². The van der Waals surface area contributed by atoms with E-state index < -0.39 is 0 Å². The molecule has 1 heterocycles. The Morgan fingerprint density at radius 3 is 2.57 bits per heavy atom. The molecule has 0 aliphatic heterocycles. The van der Waals surface area contributed by atoms with Crippen LogP contribution >= 0.6 is 27.5 Å². The first kappa shape index (κ1) is 14.3. The highest BCUT2D eigenvalue weighted by atomic mass is 79.9. The van der Waals surface area contributed by atoms with E-state index >= 15 is 0 Å². The first-order chi connectivity index (χ1) is 10.2. The molecule has 0 unspecified atom stereocenters. The minimum absolute atomic E-state index is 0.299. The van der Waals surface area contributed by atoms with Crippen molar-refractivity contribution in [3.8, 4) is 17.1 Å². The van der Waals surface area contributed by atoms with Crippen LogP contribution in [-0.4, -0.2) is 14.8 Å². The maximum absolute atomic E-state index is 6.31. The maximum Gasteiger partial charge on any atom is 0.170 e. The lowest BCUT2D eigenvalue weighted by Gasteiger charge is -2.10. The Balaban J connectivity index is 2.25. The SMILES string of the molecule is NCc1nnc(-c2cc(Br)ccc2Cl)n1-c1ccccc1.